The molecule has 4 aliphatic rings. The molecule has 1 saturated carbocycles. The SMILES string of the molecule is C[C@]12C=C[C@]3(O1)[C@@H](C(=O)N(Cc1ccccc1)[C@@H]3C(=O)NC1CCCCC1)[C@H]2C(=O)Nc1ccc(Cl)c(Cl)c1. The van der Waals surface area contributed by atoms with Gasteiger partial charge >= 0.3 is 0 Å². The van der Waals surface area contributed by atoms with Crippen LogP contribution in [-0.2, 0) is 25.7 Å². The summed E-state index contributed by atoms with van der Waals surface area (Å²) >= 11 is 12.2. The Bertz CT molecular complexity index is 1340. The number of amides is 3. The Balaban J connectivity index is 1.35. The van der Waals surface area contributed by atoms with Crippen molar-refractivity contribution in [1.29, 1.82) is 0 Å². The van der Waals surface area contributed by atoms with Crippen molar-refractivity contribution in [2.24, 2.45) is 11.8 Å². The van der Waals surface area contributed by atoms with Gasteiger partial charge in [-0.15, -0.1) is 0 Å². The molecule has 2 N–H and O–H groups in total. The fourth-order valence-electron chi connectivity index (χ4n) is 6.90. The van der Waals surface area contributed by atoms with Crippen LogP contribution in [0.3, 0.4) is 0 Å². The molecule has 0 aromatic heterocycles. The lowest BCUT2D eigenvalue weighted by Crippen LogP contribution is -2.56. The quantitative estimate of drug-likeness (QED) is 0.474. The second kappa shape index (κ2) is 9.95. The highest BCUT2D eigenvalue weighted by Gasteiger charge is 2.76. The molecule has 6 rings (SSSR count). The molecule has 2 aromatic carbocycles. The Hall–Kier alpha value is -2.87. The van der Waals surface area contributed by atoms with Crippen LogP contribution in [0.2, 0.25) is 10.0 Å². The zero-order valence-electron chi connectivity index (χ0n) is 21.7. The first-order chi connectivity index (χ1) is 18.7. The Labute approximate surface area is 237 Å². The van der Waals surface area contributed by atoms with Gasteiger partial charge in [-0.3, -0.25) is 14.4 Å². The number of fused-ring (bicyclic) bond motifs is 1. The smallest absolute Gasteiger partial charge is 0.246 e. The van der Waals surface area contributed by atoms with E-state index in [0.717, 1.165) is 31.2 Å². The molecule has 2 saturated heterocycles. The molecule has 0 unspecified atom stereocenters. The summed E-state index contributed by atoms with van der Waals surface area (Å²) in [6.07, 6.45) is 8.83. The summed E-state index contributed by atoms with van der Waals surface area (Å²) in [4.78, 5) is 43.6. The number of ether oxygens (including phenoxy) is 1. The molecule has 5 atom stereocenters. The van der Waals surface area contributed by atoms with Gasteiger partial charge in [0.05, 0.1) is 27.5 Å². The number of halogens is 2. The molecular weight excluding hydrogens is 537 g/mol. The number of hydrogen-bond acceptors (Lipinski definition) is 4. The number of likely N-dealkylation sites (tertiary alicyclic amines) is 1. The van der Waals surface area contributed by atoms with E-state index in [9.17, 15) is 14.4 Å². The Morgan fingerprint density at radius 2 is 1.74 bits per heavy atom. The number of nitrogens with one attached hydrogen (secondary N) is 2. The average Bonchev–Trinajstić information content (AvgIpc) is 3.48. The van der Waals surface area contributed by atoms with Crippen molar-refractivity contribution in [2.75, 3.05) is 5.32 Å². The molecule has 3 heterocycles. The maximum Gasteiger partial charge on any atom is 0.246 e. The van der Waals surface area contributed by atoms with Crippen LogP contribution in [-0.4, -0.2) is 45.9 Å². The lowest BCUT2D eigenvalue weighted by atomic mass is 9.70. The van der Waals surface area contributed by atoms with E-state index in [2.05, 4.69) is 10.6 Å². The number of hydrogen-bond donors (Lipinski definition) is 2. The fourth-order valence-corrected chi connectivity index (χ4v) is 7.20. The summed E-state index contributed by atoms with van der Waals surface area (Å²) in [6, 6.07) is 13.6. The van der Waals surface area contributed by atoms with E-state index in [0.29, 0.717) is 15.7 Å². The molecule has 1 aliphatic carbocycles. The van der Waals surface area contributed by atoms with Crippen LogP contribution in [0, 0.1) is 11.8 Å². The topological polar surface area (TPSA) is 87.7 Å². The minimum atomic E-state index is -1.24. The normalized spacial score (nSPS) is 31.4. The number of carbonyl (C=O) groups excluding carboxylic acids is 3. The molecule has 2 aromatic rings. The standard InChI is InChI=1S/C30H31Cl2N3O4/c1-29-14-15-30(39-29)24(23(29)26(36)34-20-12-13-21(31)22(32)16-20)28(38)35(17-18-8-4-2-5-9-18)25(30)27(37)33-19-10-6-3-7-11-19/h2,4-5,8-9,12-16,19,23-25H,3,6-7,10-11,17H2,1H3,(H,33,37)(H,34,36)/t23-,24+,25+,29+,30-/m0/s1. The highest BCUT2D eigenvalue weighted by molar-refractivity contribution is 6.42. The predicted molar refractivity (Wildman–Crippen MR) is 149 cm³/mol. The van der Waals surface area contributed by atoms with Gasteiger partial charge in [0.15, 0.2) is 0 Å². The molecule has 204 valence electrons. The van der Waals surface area contributed by atoms with Gasteiger partial charge in [-0.05, 0) is 43.5 Å². The molecule has 7 nitrogen and oxygen atoms in total. The average molecular weight is 569 g/mol. The van der Waals surface area contributed by atoms with Crippen molar-refractivity contribution < 1.29 is 19.1 Å². The van der Waals surface area contributed by atoms with Gasteiger partial charge in [-0.25, -0.2) is 0 Å². The third kappa shape index (κ3) is 4.45. The van der Waals surface area contributed by atoms with Crippen molar-refractivity contribution in [2.45, 2.75) is 68.9 Å². The third-order valence-corrected chi connectivity index (χ3v) is 9.40. The number of nitrogens with zero attached hydrogens (tertiary/aromatic N) is 1. The van der Waals surface area contributed by atoms with E-state index in [4.69, 9.17) is 27.9 Å². The van der Waals surface area contributed by atoms with Gasteiger partial charge < -0.3 is 20.3 Å². The molecule has 39 heavy (non-hydrogen) atoms. The van der Waals surface area contributed by atoms with E-state index >= 15 is 0 Å². The van der Waals surface area contributed by atoms with Crippen molar-refractivity contribution >= 4 is 46.6 Å². The van der Waals surface area contributed by atoms with Gasteiger partial charge in [-0.1, -0.05) is 84.9 Å². The Morgan fingerprint density at radius 1 is 1.00 bits per heavy atom. The molecule has 3 aliphatic heterocycles. The molecule has 1 spiro atoms. The number of anilines is 1. The van der Waals surface area contributed by atoms with Gasteiger partial charge in [0.1, 0.15) is 11.6 Å². The molecule has 2 bridgehead atoms. The van der Waals surface area contributed by atoms with E-state index in [1.54, 1.807) is 30.0 Å². The highest BCUT2D eigenvalue weighted by atomic mass is 35.5. The lowest BCUT2D eigenvalue weighted by Gasteiger charge is -2.34. The Kier molecular flexibility index (Phi) is 6.72. The number of carbonyl (C=O) groups is 3. The zero-order valence-corrected chi connectivity index (χ0v) is 23.2. The first kappa shape index (κ1) is 26.4. The lowest BCUT2D eigenvalue weighted by molar-refractivity contribution is -0.145. The predicted octanol–water partition coefficient (Wildman–Crippen LogP) is 5.12. The van der Waals surface area contributed by atoms with Crippen molar-refractivity contribution in [3.05, 3.63) is 76.3 Å². The van der Waals surface area contributed by atoms with Crippen LogP contribution in [0.5, 0.6) is 0 Å². The summed E-state index contributed by atoms with van der Waals surface area (Å²) < 4.78 is 6.60. The minimum absolute atomic E-state index is 0.0716. The largest absolute Gasteiger partial charge is 0.356 e. The van der Waals surface area contributed by atoms with Gasteiger partial charge in [0, 0.05) is 18.3 Å². The summed E-state index contributed by atoms with van der Waals surface area (Å²) in [5.41, 5.74) is -0.904. The maximum absolute atomic E-state index is 14.2. The van der Waals surface area contributed by atoms with Crippen molar-refractivity contribution in [3.8, 4) is 0 Å². The molecule has 9 heteroatoms. The van der Waals surface area contributed by atoms with Crippen LogP contribution in [0.1, 0.15) is 44.6 Å². The summed E-state index contributed by atoms with van der Waals surface area (Å²) in [5.74, 6) is -2.54. The van der Waals surface area contributed by atoms with E-state index in [1.165, 1.54) is 6.42 Å². The molecular formula is C30H31Cl2N3O4. The summed E-state index contributed by atoms with van der Waals surface area (Å²) in [6.45, 7) is 2.05. The van der Waals surface area contributed by atoms with E-state index in [-0.39, 0.29) is 30.3 Å². The summed E-state index contributed by atoms with van der Waals surface area (Å²) in [5, 5.41) is 6.81. The maximum atomic E-state index is 14.2. The first-order valence-corrected chi connectivity index (χ1v) is 14.3. The van der Waals surface area contributed by atoms with Crippen LogP contribution in [0.4, 0.5) is 5.69 Å². The van der Waals surface area contributed by atoms with Gasteiger partial charge in [0.2, 0.25) is 17.7 Å². The molecule has 3 fully saturated rings. The first-order valence-electron chi connectivity index (χ1n) is 13.5. The summed E-state index contributed by atoms with van der Waals surface area (Å²) in [7, 11) is 0. The van der Waals surface area contributed by atoms with E-state index < -0.39 is 29.1 Å². The monoisotopic (exact) mass is 567 g/mol. The van der Waals surface area contributed by atoms with Crippen molar-refractivity contribution in [3.63, 3.8) is 0 Å². The molecule has 3 amide bonds. The highest BCUT2D eigenvalue weighted by Crippen LogP contribution is 2.60. The van der Waals surface area contributed by atoms with Crippen LogP contribution >= 0.6 is 23.2 Å². The van der Waals surface area contributed by atoms with E-state index in [1.807, 2.05) is 42.5 Å². The van der Waals surface area contributed by atoms with Gasteiger partial charge in [-0.2, -0.15) is 0 Å². The van der Waals surface area contributed by atoms with Crippen LogP contribution in [0.15, 0.2) is 60.7 Å². The Morgan fingerprint density at radius 3 is 2.46 bits per heavy atom. The minimum Gasteiger partial charge on any atom is -0.356 e. The fraction of sp³-hybridized carbons (Fsp3) is 0.433. The molecule has 0 radical (unpaired) electrons. The third-order valence-electron chi connectivity index (χ3n) is 8.66. The second-order valence-corrected chi connectivity index (χ2v) is 12.1. The number of rotatable bonds is 6. The van der Waals surface area contributed by atoms with Gasteiger partial charge in [0.25, 0.3) is 0 Å². The zero-order chi connectivity index (χ0) is 27.4. The van der Waals surface area contributed by atoms with Crippen LogP contribution in [0.25, 0.3) is 0 Å². The van der Waals surface area contributed by atoms with Crippen molar-refractivity contribution in [1.82, 2.24) is 10.2 Å². The van der Waals surface area contributed by atoms with Crippen LogP contribution < -0.4 is 10.6 Å². The second-order valence-electron chi connectivity index (χ2n) is 11.2. The number of benzene rings is 2.